The maximum Gasteiger partial charge on any atom is 0.246 e. The number of piperazine rings is 1. The van der Waals surface area contributed by atoms with E-state index < -0.39 is 0 Å². The van der Waals surface area contributed by atoms with Crippen LogP contribution in [0.25, 0.3) is 11.7 Å². The second-order valence-electron chi connectivity index (χ2n) is 7.57. The number of nitrogens with zero attached hydrogens (tertiary/aromatic N) is 4. The highest BCUT2D eigenvalue weighted by atomic mass is 16.5. The number of carbonyl (C=O) groups is 1. The molecule has 0 N–H and O–H groups in total. The maximum atomic E-state index is 12.7. The Labute approximate surface area is 187 Å². The smallest absolute Gasteiger partial charge is 0.246 e. The van der Waals surface area contributed by atoms with Crippen LogP contribution in [0, 0.1) is 0 Å². The van der Waals surface area contributed by atoms with Gasteiger partial charge in [0, 0.05) is 45.0 Å². The highest BCUT2D eigenvalue weighted by Gasteiger charge is 2.21. The summed E-state index contributed by atoms with van der Waals surface area (Å²) < 4.78 is 18.2. The minimum Gasteiger partial charge on any atom is -0.493 e. The molecule has 0 radical (unpaired) electrons. The number of ether oxygens (including phenoxy) is 3. The molecule has 2 aromatic heterocycles. The third-order valence-electron chi connectivity index (χ3n) is 5.67. The van der Waals surface area contributed by atoms with Gasteiger partial charge in [-0.15, -0.1) is 0 Å². The molecule has 1 amide bonds. The van der Waals surface area contributed by atoms with Gasteiger partial charge in [0.25, 0.3) is 0 Å². The Balaban J connectivity index is 1.36. The number of imidazole rings is 1. The second-order valence-corrected chi connectivity index (χ2v) is 7.57. The molecular formula is C24H28N4O4. The zero-order valence-corrected chi connectivity index (χ0v) is 18.7. The third kappa shape index (κ3) is 4.55. The van der Waals surface area contributed by atoms with Crippen LogP contribution in [0.1, 0.15) is 11.3 Å². The minimum absolute atomic E-state index is 0.00629. The number of hydrogen-bond acceptors (Lipinski definition) is 6. The van der Waals surface area contributed by atoms with Crippen LogP contribution in [0.5, 0.6) is 17.2 Å². The summed E-state index contributed by atoms with van der Waals surface area (Å²) >= 11 is 0. The SMILES string of the molecule is COc1cc(/C=C/C(=O)N2CCN(Cc3cnc4ccccn34)CC2)cc(OC)c1OC. The lowest BCUT2D eigenvalue weighted by Gasteiger charge is -2.34. The molecule has 1 saturated heterocycles. The summed E-state index contributed by atoms with van der Waals surface area (Å²) in [7, 11) is 4.71. The van der Waals surface area contributed by atoms with E-state index in [2.05, 4.69) is 14.3 Å². The first-order valence-corrected chi connectivity index (χ1v) is 10.5. The monoisotopic (exact) mass is 436 g/mol. The molecule has 1 aliphatic heterocycles. The summed E-state index contributed by atoms with van der Waals surface area (Å²) in [4.78, 5) is 21.4. The van der Waals surface area contributed by atoms with Crippen molar-refractivity contribution >= 4 is 17.6 Å². The van der Waals surface area contributed by atoms with Crippen LogP contribution in [0.15, 0.2) is 48.8 Å². The molecule has 1 fully saturated rings. The summed E-state index contributed by atoms with van der Waals surface area (Å²) in [5.74, 6) is 1.63. The molecule has 8 heteroatoms. The lowest BCUT2D eigenvalue weighted by molar-refractivity contribution is -0.127. The number of carbonyl (C=O) groups excluding carboxylic acids is 1. The summed E-state index contributed by atoms with van der Waals surface area (Å²) in [6.07, 6.45) is 7.33. The summed E-state index contributed by atoms with van der Waals surface area (Å²) in [6, 6.07) is 9.63. The van der Waals surface area contributed by atoms with Crippen molar-refractivity contribution < 1.29 is 19.0 Å². The van der Waals surface area contributed by atoms with Gasteiger partial charge in [-0.1, -0.05) is 6.07 Å². The molecule has 0 aliphatic carbocycles. The molecule has 168 valence electrons. The first kappa shape index (κ1) is 21.7. The fourth-order valence-electron chi connectivity index (χ4n) is 3.93. The lowest BCUT2D eigenvalue weighted by Crippen LogP contribution is -2.47. The molecule has 4 rings (SSSR count). The number of aromatic nitrogens is 2. The number of fused-ring (bicyclic) bond motifs is 1. The first-order chi connectivity index (χ1) is 15.6. The van der Waals surface area contributed by atoms with Crippen molar-refractivity contribution in [2.75, 3.05) is 47.5 Å². The standard InChI is InChI=1S/C24H28N4O4/c1-30-20-14-18(15-21(31-2)24(20)32-3)7-8-23(29)27-12-10-26(11-13-27)17-19-16-25-22-6-4-5-9-28(19)22/h4-9,14-16H,10-13,17H2,1-3H3/b8-7+. The molecule has 0 saturated carbocycles. The average molecular weight is 437 g/mol. The molecule has 0 atom stereocenters. The Hall–Kier alpha value is -3.52. The van der Waals surface area contributed by atoms with Crippen LogP contribution in [0.4, 0.5) is 0 Å². The van der Waals surface area contributed by atoms with E-state index in [1.165, 1.54) is 0 Å². The second kappa shape index (κ2) is 9.74. The number of methoxy groups -OCH3 is 3. The zero-order valence-electron chi connectivity index (χ0n) is 18.7. The van der Waals surface area contributed by atoms with Crippen molar-refractivity contribution in [2.24, 2.45) is 0 Å². The summed E-state index contributed by atoms with van der Waals surface area (Å²) in [5, 5.41) is 0. The van der Waals surface area contributed by atoms with E-state index in [-0.39, 0.29) is 5.91 Å². The van der Waals surface area contributed by atoms with Crippen molar-refractivity contribution in [3.63, 3.8) is 0 Å². The van der Waals surface area contributed by atoms with Crippen LogP contribution in [0.3, 0.4) is 0 Å². The minimum atomic E-state index is -0.00629. The Kier molecular flexibility index (Phi) is 6.61. The van der Waals surface area contributed by atoms with E-state index in [1.807, 2.05) is 47.6 Å². The van der Waals surface area contributed by atoms with E-state index in [4.69, 9.17) is 14.2 Å². The normalized spacial score (nSPS) is 14.8. The number of hydrogen-bond donors (Lipinski definition) is 0. The van der Waals surface area contributed by atoms with Crippen LogP contribution in [-0.2, 0) is 11.3 Å². The van der Waals surface area contributed by atoms with Gasteiger partial charge < -0.3 is 23.5 Å². The van der Waals surface area contributed by atoms with Gasteiger partial charge in [-0.05, 0) is 35.9 Å². The van der Waals surface area contributed by atoms with Gasteiger partial charge in [0.1, 0.15) is 5.65 Å². The maximum absolute atomic E-state index is 12.7. The van der Waals surface area contributed by atoms with Crippen molar-refractivity contribution in [3.8, 4) is 17.2 Å². The predicted octanol–water partition coefficient (Wildman–Crippen LogP) is 2.72. The van der Waals surface area contributed by atoms with Crippen molar-refractivity contribution in [3.05, 3.63) is 60.1 Å². The molecular weight excluding hydrogens is 408 g/mol. The number of benzene rings is 1. The van der Waals surface area contributed by atoms with Gasteiger partial charge in [0.05, 0.1) is 33.2 Å². The number of amides is 1. The van der Waals surface area contributed by atoms with Gasteiger partial charge in [-0.25, -0.2) is 4.98 Å². The van der Waals surface area contributed by atoms with Crippen molar-refractivity contribution in [1.29, 1.82) is 0 Å². The fraction of sp³-hybridized carbons (Fsp3) is 0.333. The zero-order chi connectivity index (χ0) is 22.5. The molecule has 0 spiro atoms. The third-order valence-corrected chi connectivity index (χ3v) is 5.67. The Morgan fingerprint density at radius 3 is 2.41 bits per heavy atom. The number of rotatable bonds is 7. The van der Waals surface area contributed by atoms with Gasteiger partial charge in [-0.3, -0.25) is 9.69 Å². The van der Waals surface area contributed by atoms with Gasteiger partial charge in [0.2, 0.25) is 11.7 Å². The molecule has 1 aromatic carbocycles. The van der Waals surface area contributed by atoms with Gasteiger partial charge in [0.15, 0.2) is 11.5 Å². The van der Waals surface area contributed by atoms with E-state index in [0.717, 1.165) is 36.5 Å². The van der Waals surface area contributed by atoms with E-state index in [9.17, 15) is 4.79 Å². The quantitative estimate of drug-likeness (QED) is 0.531. The molecule has 3 heterocycles. The van der Waals surface area contributed by atoms with Crippen LogP contribution in [-0.4, -0.2) is 72.6 Å². The van der Waals surface area contributed by atoms with Crippen LogP contribution >= 0.6 is 0 Å². The molecule has 8 nitrogen and oxygen atoms in total. The van der Waals surface area contributed by atoms with E-state index in [1.54, 1.807) is 33.5 Å². The summed E-state index contributed by atoms with van der Waals surface area (Å²) in [5.41, 5.74) is 2.91. The van der Waals surface area contributed by atoms with Crippen molar-refractivity contribution in [1.82, 2.24) is 19.2 Å². The largest absolute Gasteiger partial charge is 0.493 e. The molecule has 0 bridgehead atoms. The van der Waals surface area contributed by atoms with Crippen LogP contribution < -0.4 is 14.2 Å². The first-order valence-electron chi connectivity index (χ1n) is 10.5. The predicted molar refractivity (Wildman–Crippen MR) is 122 cm³/mol. The Bertz CT molecular complexity index is 1090. The fourth-order valence-corrected chi connectivity index (χ4v) is 3.93. The molecule has 3 aromatic rings. The Morgan fingerprint density at radius 1 is 1.03 bits per heavy atom. The van der Waals surface area contributed by atoms with Gasteiger partial charge >= 0.3 is 0 Å². The van der Waals surface area contributed by atoms with Crippen molar-refractivity contribution in [2.45, 2.75) is 6.54 Å². The Morgan fingerprint density at radius 2 is 1.75 bits per heavy atom. The molecule has 32 heavy (non-hydrogen) atoms. The number of pyridine rings is 1. The highest BCUT2D eigenvalue weighted by Crippen LogP contribution is 2.38. The highest BCUT2D eigenvalue weighted by molar-refractivity contribution is 5.92. The summed E-state index contributed by atoms with van der Waals surface area (Å²) in [6.45, 7) is 3.84. The lowest BCUT2D eigenvalue weighted by atomic mass is 10.1. The molecule has 1 aliphatic rings. The average Bonchev–Trinajstić information content (AvgIpc) is 3.25. The van der Waals surface area contributed by atoms with E-state index in [0.29, 0.717) is 30.3 Å². The van der Waals surface area contributed by atoms with Crippen LogP contribution in [0.2, 0.25) is 0 Å². The van der Waals surface area contributed by atoms with E-state index >= 15 is 0 Å². The topological polar surface area (TPSA) is 68.5 Å². The van der Waals surface area contributed by atoms with Gasteiger partial charge in [-0.2, -0.15) is 0 Å². The molecule has 0 unspecified atom stereocenters.